The normalized spacial score (nSPS) is 10.7. The topological polar surface area (TPSA) is 55.1 Å². The molecule has 1 heterocycles. The lowest BCUT2D eigenvalue weighted by molar-refractivity contribution is -0.115. The molecule has 0 aliphatic carbocycles. The van der Waals surface area contributed by atoms with Gasteiger partial charge in [0.05, 0.1) is 6.42 Å². The zero-order valence-corrected chi connectivity index (χ0v) is 15.9. The summed E-state index contributed by atoms with van der Waals surface area (Å²) in [7, 11) is 0. The Kier molecular flexibility index (Phi) is 5.20. The highest BCUT2D eigenvalue weighted by molar-refractivity contribution is 5.94. The molecular formula is C24H19FN2O2. The summed E-state index contributed by atoms with van der Waals surface area (Å²) in [6, 6.07) is 21.5. The van der Waals surface area contributed by atoms with Crippen LogP contribution in [-0.4, -0.2) is 11.1 Å². The molecule has 0 spiro atoms. The molecular weight excluding hydrogens is 367 g/mol. The fraction of sp³-hybridized carbons (Fsp3) is 0.0833. The Morgan fingerprint density at radius 2 is 1.76 bits per heavy atom. The number of aromatic nitrogens is 1. The Labute approximate surface area is 168 Å². The van der Waals surface area contributed by atoms with Crippen LogP contribution in [0, 0.1) is 12.7 Å². The molecule has 3 aromatic carbocycles. The van der Waals surface area contributed by atoms with E-state index >= 15 is 0 Å². The molecule has 4 nitrogen and oxygen atoms in total. The van der Waals surface area contributed by atoms with Crippen LogP contribution >= 0.6 is 0 Å². The minimum absolute atomic E-state index is 0.166. The first-order chi connectivity index (χ1) is 14.1. The van der Waals surface area contributed by atoms with E-state index in [1.165, 1.54) is 18.4 Å². The van der Waals surface area contributed by atoms with Crippen molar-refractivity contribution in [2.24, 2.45) is 0 Å². The number of carbonyl (C=O) groups is 1. The Morgan fingerprint density at radius 1 is 0.966 bits per heavy atom. The van der Waals surface area contributed by atoms with E-state index in [4.69, 9.17) is 4.52 Å². The third-order valence-corrected chi connectivity index (χ3v) is 4.73. The number of nitrogens with one attached hydrogen (secondary N) is 1. The lowest BCUT2D eigenvalue weighted by atomic mass is 9.94. The smallest absolute Gasteiger partial charge is 0.228 e. The third kappa shape index (κ3) is 4.24. The molecule has 0 atom stereocenters. The van der Waals surface area contributed by atoms with Crippen molar-refractivity contribution < 1.29 is 13.7 Å². The van der Waals surface area contributed by atoms with E-state index in [9.17, 15) is 9.18 Å². The number of carbonyl (C=O) groups excluding carboxylic acids is 1. The van der Waals surface area contributed by atoms with Gasteiger partial charge in [-0.05, 0) is 53.4 Å². The van der Waals surface area contributed by atoms with Crippen molar-refractivity contribution in [3.05, 3.63) is 96.0 Å². The van der Waals surface area contributed by atoms with E-state index in [1.807, 2.05) is 30.3 Å². The van der Waals surface area contributed by atoms with Crippen molar-refractivity contribution in [1.29, 1.82) is 0 Å². The second-order valence-electron chi connectivity index (χ2n) is 6.81. The summed E-state index contributed by atoms with van der Waals surface area (Å²) >= 11 is 0. The number of nitrogens with zero attached hydrogens (tertiary/aromatic N) is 1. The van der Waals surface area contributed by atoms with Gasteiger partial charge in [-0.3, -0.25) is 4.79 Å². The molecule has 29 heavy (non-hydrogen) atoms. The van der Waals surface area contributed by atoms with Gasteiger partial charge in [-0.1, -0.05) is 47.6 Å². The molecule has 0 aliphatic rings. The summed E-state index contributed by atoms with van der Waals surface area (Å²) in [4.78, 5) is 12.4. The first-order valence-corrected chi connectivity index (χ1v) is 9.25. The summed E-state index contributed by atoms with van der Waals surface area (Å²) in [5.41, 5.74) is 6.21. The van der Waals surface area contributed by atoms with Crippen molar-refractivity contribution in [3.63, 3.8) is 0 Å². The second-order valence-corrected chi connectivity index (χ2v) is 6.81. The van der Waals surface area contributed by atoms with Gasteiger partial charge in [-0.15, -0.1) is 0 Å². The molecule has 0 radical (unpaired) electrons. The number of aryl methyl sites for hydroxylation is 1. The lowest BCUT2D eigenvalue weighted by Crippen LogP contribution is -2.14. The van der Waals surface area contributed by atoms with Gasteiger partial charge >= 0.3 is 0 Å². The summed E-state index contributed by atoms with van der Waals surface area (Å²) in [6.45, 7) is 2.06. The molecule has 0 aliphatic heterocycles. The van der Waals surface area contributed by atoms with Gasteiger partial charge in [0, 0.05) is 17.3 Å². The SMILES string of the molecule is Cc1ccccc1-c1ccc(NC(=O)Cc2ccc(F)cc2)cc1-c1ccon1. The highest BCUT2D eigenvalue weighted by Crippen LogP contribution is 2.35. The van der Waals surface area contributed by atoms with E-state index in [1.54, 1.807) is 18.2 Å². The van der Waals surface area contributed by atoms with Gasteiger partial charge in [0.15, 0.2) is 0 Å². The summed E-state index contributed by atoms with van der Waals surface area (Å²) in [5, 5.41) is 6.98. The van der Waals surface area contributed by atoms with Crippen LogP contribution < -0.4 is 5.32 Å². The van der Waals surface area contributed by atoms with E-state index in [2.05, 4.69) is 29.5 Å². The van der Waals surface area contributed by atoms with Crippen molar-refractivity contribution >= 4 is 11.6 Å². The lowest BCUT2D eigenvalue weighted by Gasteiger charge is -2.13. The van der Waals surface area contributed by atoms with E-state index in [-0.39, 0.29) is 18.1 Å². The Morgan fingerprint density at radius 3 is 2.48 bits per heavy atom. The molecule has 0 bridgehead atoms. The largest absolute Gasteiger partial charge is 0.364 e. The summed E-state index contributed by atoms with van der Waals surface area (Å²) in [6.07, 6.45) is 1.69. The Balaban J connectivity index is 1.64. The minimum Gasteiger partial charge on any atom is -0.364 e. The van der Waals surface area contributed by atoms with Crippen LogP contribution in [0.2, 0.25) is 0 Å². The van der Waals surface area contributed by atoms with E-state index in [0.29, 0.717) is 11.4 Å². The number of halogens is 1. The van der Waals surface area contributed by atoms with Gasteiger partial charge in [-0.2, -0.15) is 0 Å². The molecule has 0 unspecified atom stereocenters. The predicted octanol–water partition coefficient (Wildman–Crippen LogP) is 5.64. The molecule has 0 fully saturated rings. The number of hydrogen-bond acceptors (Lipinski definition) is 3. The number of benzene rings is 3. The van der Waals surface area contributed by atoms with Crippen LogP contribution in [0.15, 0.2) is 83.6 Å². The number of amides is 1. The van der Waals surface area contributed by atoms with Crippen LogP contribution in [0.5, 0.6) is 0 Å². The summed E-state index contributed by atoms with van der Waals surface area (Å²) < 4.78 is 18.1. The van der Waals surface area contributed by atoms with Crippen molar-refractivity contribution in [3.8, 4) is 22.4 Å². The van der Waals surface area contributed by atoms with E-state index in [0.717, 1.165) is 27.8 Å². The molecule has 0 saturated heterocycles. The van der Waals surface area contributed by atoms with Crippen LogP contribution in [0.25, 0.3) is 22.4 Å². The van der Waals surface area contributed by atoms with Gasteiger partial charge in [0.1, 0.15) is 17.8 Å². The number of rotatable bonds is 5. The van der Waals surface area contributed by atoms with Crippen molar-refractivity contribution in [2.45, 2.75) is 13.3 Å². The molecule has 0 saturated carbocycles. The standard InChI is InChI=1S/C24H19FN2O2/c1-16-4-2-3-5-20(16)21-11-10-19(15-22(21)23-12-13-29-27-23)26-24(28)14-17-6-8-18(25)9-7-17/h2-13,15H,14H2,1H3,(H,26,28). The average Bonchev–Trinajstić information content (AvgIpc) is 3.25. The quantitative estimate of drug-likeness (QED) is 0.483. The zero-order chi connectivity index (χ0) is 20.2. The molecule has 1 aromatic heterocycles. The Bertz CT molecular complexity index is 1140. The van der Waals surface area contributed by atoms with Gasteiger partial charge < -0.3 is 9.84 Å². The highest BCUT2D eigenvalue weighted by Gasteiger charge is 2.14. The molecule has 5 heteroatoms. The Hall–Kier alpha value is -3.73. The molecule has 4 aromatic rings. The first-order valence-electron chi connectivity index (χ1n) is 9.25. The first kappa shape index (κ1) is 18.6. The molecule has 4 rings (SSSR count). The van der Waals surface area contributed by atoms with Crippen LogP contribution in [-0.2, 0) is 11.2 Å². The molecule has 1 amide bonds. The summed E-state index contributed by atoms with van der Waals surface area (Å²) in [5.74, 6) is -0.496. The fourth-order valence-corrected chi connectivity index (χ4v) is 3.29. The maximum Gasteiger partial charge on any atom is 0.228 e. The monoisotopic (exact) mass is 386 g/mol. The number of hydrogen-bond donors (Lipinski definition) is 1. The van der Waals surface area contributed by atoms with E-state index < -0.39 is 0 Å². The van der Waals surface area contributed by atoms with Crippen LogP contribution in [0.1, 0.15) is 11.1 Å². The van der Waals surface area contributed by atoms with Gasteiger partial charge in [-0.25, -0.2) is 4.39 Å². The van der Waals surface area contributed by atoms with Crippen LogP contribution in [0.4, 0.5) is 10.1 Å². The number of anilines is 1. The average molecular weight is 386 g/mol. The van der Waals surface area contributed by atoms with Crippen LogP contribution in [0.3, 0.4) is 0 Å². The van der Waals surface area contributed by atoms with Crippen molar-refractivity contribution in [2.75, 3.05) is 5.32 Å². The van der Waals surface area contributed by atoms with Gasteiger partial charge in [0.25, 0.3) is 0 Å². The molecule has 144 valence electrons. The fourth-order valence-electron chi connectivity index (χ4n) is 3.29. The molecule has 1 N–H and O–H groups in total. The maximum absolute atomic E-state index is 13.0. The van der Waals surface area contributed by atoms with Gasteiger partial charge in [0.2, 0.25) is 5.91 Å². The minimum atomic E-state index is -0.321. The highest BCUT2D eigenvalue weighted by atomic mass is 19.1. The zero-order valence-electron chi connectivity index (χ0n) is 15.9. The van der Waals surface area contributed by atoms with Crippen molar-refractivity contribution in [1.82, 2.24) is 5.16 Å². The third-order valence-electron chi connectivity index (χ3n) is 4.73. The predicted molar refractivity (Wildman–Crippen MR) is 111 cm³/mol. The second kappa shape index (κ2) is 8.10. The maximum atomic E-state index is 13.0.